The maximum absolute atomic E-state index is 8.90. The van der Waals surface area contributed by atoms with Crippen molar-refractivity contribution in [3.05, 3.63) is 46.9 Å². The molecule has 1 aromatic carbocycles. The zero-order valence-corrected chi connectivity index (χ0v) is 7.49. The number of benzene rings is 1. The molecule has 0 saturated heterocycles. The van der Waals surface area contributed by atoms with Gasteiger partial charge in [-0.05, 0) is 23.6 Å². The number of nitrogens with zero attached hydrogens (tertiary/aromatic N) is 2. The lowest BCUT2D eigenvalue weighted by Crippen LogP contribution is -2.03. The van der Waals surface area contributed by atoms with Crippen LogP contribution in [0.1, 0.15) is 23.1 Å². The molecule has 0 N–H and O–H groups in total. The normalized spacial score (nSPS) is 14.1. The Hall–Kier alpha value is -2.06. The van der Waals surface area contributed by atoms with Crippen molar-refractivity contribution in [1.82, 2.24) is 0 Å². The van der Waals surface area contributed by atoms with Gasteiger partial charge in [0.1, 0.15) is 5.92 Å². The number of fused-ring (bicyclic) bond motifs is 1. The van der Waals surface area contributed by atoms with Gasteiger partial charge in [-0.1, -0.05) is 24.3 Å². The van der Waals surface area contributed by atoms with Crippen molar-refractivity contribution in [3.8, 4) is 12.1 Å². The third kappa shape index (κ3) is 1.18. The molecule has 0 atom stereocenters. The second-order valence-corrected chi connectivity index (χ2v) is 3.08. The molecule has 65 valence electrons. The van der Waals surface area contributed by atoms with E-state index in [4.69, 9.17) is 10.5 Å². The van der Waals surface area contributed by atoms with Crippen molar-refractivity contribution in [3.63, 3.8) is 0 Å². The first-order chi connectivity index (χ1) is 6.86. The number of rotatable bonds is 0. The predicted octanol–water partition coefficient (Wildman–Crippen LogP) is 2.42. The van der Waals surface area contributed by atoms with Gasteiger partial charge in [0.25, 0.3) is 0 Å². The first-order valence-electron chi connectivity index (χ1n) is 4.33. The Morgan fingerprint density at radius 1 is 1.14 bits per heavy atom. The molecule has 14 heavy (non-hydrogen) atoms. The van der Waals surface area contributed by atoms with Crippen LogP contribution in [0.3, 0.4) is 0 Å². The Bertz CT molecular complexity index is 472. The highest BCUT2D eigenvalue weighted by Gasteiger charge is 2.18. The Morgan fingerprint density at radius 2 is 2.00 bits per heavy atom. The Morgan fingerprint density at radius 3 is 2.71 bits per heavy atom. The van der Waals surface area contributed by atoms with Crippen molar-refractivity contribution >= 4 is 6.08 Å². The van der Waals surface area contributed by atoms with Gasteiger partial charge in [-0.25, -0.2) is 0 Å². The molecule has 1 aliphatic rings. The van der Waals surface area contributed by atoms with Gasteiger partial charge in [-0.2, -0.15) is 10.5 Å². The van der Waals surface area contributed by atoms with Crippen LogP contribution >= 0.6 is 0 Å². The molecule has 1 radical (unpaired) electrons. The third-order valence-corrected chi connectivity index (χ3v) is 2.29. The van der Waals surface area contributed by atoms with Gasteiger partial charge in [0.05, 0.1) is 17.7 Å². The van der Waals surface area contributed by atoms with Crippen LogP contribution in [0.25, 0.3) is 6.08 Å². The summed E-state index contributed by atoms with van der Waals surface area (Å²) in [5, 5.41) is 17.8. The fraction of sp³-hybridized carbons (Fsp3) is 0.0833. The minimum atomic E-state index is 0.631. The summed E-state index contributed by atoms with van der Waals surface area (Å²) < 4.78 is 0. The zero-order chi connectivity index (χ0) is 9.97. The van der Waals surface area contributed by atoms with Crippen molar-refractivity contribution in [2.24, 2.45) is 0 Å². The van der Waals surface area contributed by atoms with Gasteiger partial charge in [-0.15, -0.1) is 0 Å². The number of hydrogen-bond donors (Lipinski definition) is 0. The fourth-order valence-electron chi connectivity index (χ4n) is 1.62. The molecule has 2 heteroatoms. The summed E-state index contributed by atoms with van der Waals surface area (Å²) in [5.41, 5.74) is 2.40. The van der Waals surface area contributed by atoms with E-state index < -0.39 is 0 Å². The van der Waals surface area contributed by atoms with E-state index in [1.165, 1.54) is 0 Å². The Balaban J connectivity index is 2.65. The fourth-order valence-corrected chi connectivity index (χ4v) is 1.62. The molecule has 0 heterocycles. The number of nitriles is 2. The standard InChI is InChI=1S/C12H7N2/c13-7-9-3-1-5-11-10(8-14)4-2-6-12(9)11/h1-3,5-6H,4H2. The minimum absolute atomic E-state index is 0.631. The van der Waals surface area contributed by atoms with Gasteiger partial charge in [0.15, 0.2) is 0 Å². The van der Waals surface area contributed by atoms with Gasteiger partial charge in [-0.3, -0.25) is 0 Å². The average molecular weight is 179 g/mol. The van der Waals surface area contributed by atoms with Crippen LogP contribution in [-0.2, 0) is 0 Å². The van der Waals surface area contributed by atoms with Crippen LogP contribution < -0.4 is 0 Å². The third-order valence-electron chi connectivity index (χ3n) is 2.29. The Kier molecular flexibility index (Phi) is 2.05. The summed E-state index contributed by atoms with van der Waals surface area (Å²) in [4.78, 5) is 0. The summed E-state index contributed by atoms with van der Waals surface area (Å²) in [6.45, 7) is 0. The minimum Gasteiger partial charge on any atom is -0.197 e. The summed E-state index contributed by atoms with van der Waals surface area (Å²) in [6, 6.07) is 9.76. The molecule has 0 amide bonds. The Labute approximate surface area is 82.7 Å². The molecule has 0 fully saturated rings. The van der Waals surface area contributed by atoms with Gasteiger partial charge in [0.2, 0.25) is 0 Å². The van der Waals surface area contributed by atoms with Crippen molar-refractivity contribution in [2.45, 2.75) is 6.42 Å². The summed E-state index contributed by atoms with van der Waals surface area (Å²) in [7, 11) is 0. The second kappa shape index (κ2) is 3.36. The predicted molar refractivity (Wildman–Crippen MR) is 52.8 cm³/mol. The molecule has 0 aliphatic heterocycles. The maximum atomic E-state index is 8.90. The lowest BCUT2D eigenvalue weighted by atomic mass is 9.86. The lowest BCUT2D eigenvalue weighted by Gasteiger charge is -2.15. The van der Waals surface area contributed by atoms with Gasteiger partial charge < -0.3 is 0 Å². The van der Waals surface area contributed by atoms with E-state index >= 15 is 0 Å². The smallest absolute Gasteiger partial charge is 0.109 e. The van der Waals surface area contributed by atoms with E-state index in [-0.39, 0.29) is 0 Å². The van der Waals surface area contributed by atoms with E-state index in [1.54, 1.807) is 6.07 Å². The summed E-state index contributed by atoms with van der Waals surface area (Å²) >= 11 is 0. The average Bonchev–Trinajstić information content (AvgIpc) is 2.27. The molecule has 0 aromatic heterocycles. The molecule has 2 rings (SSSR count). The zero-order valence-electron chi connectivity index (χ0n) is 7.49. The first kappa shape index (κ1) is 8.53. The molecule has 2 nitrogen and oxygen atoms in total. The van der Waals surface area contributed by atoms with Crippen LogP contribution in [0.15, 0.2) is 24.3 Å². The van der Waals surface area contributed by atoms with Gasteiger partial charge in [0, 0.05) is 0 Å². The van der Waals surface area contributed by atoms with E-state index in [0.29, 0.717) is 12.0 Å². The summed E-state index contributed by atoms with van der Waals surface area (Å²) in [6.07, 6.45) is 4.49. The van der Waals surface area contributed by atoms with Crippen LogP contribution in [0.5, 0.6) is 0 Å². The molecular weight excluding hydrogens is 172 g/mol. The number of hydrogen-bond acceptors (Lipinski definition) is 2. The highest BCUT2D eigenvalue weighted by molar-refractivity contribution is 5.69. The van der Waals surface area contributed by atoms with Crippen LogP contribution in [0, 0.1) is 28.6 Å². The highest BCUT2D eigenvalue weighted by atomic mass is 14.3. The van der Waals surface area contributed by atoms with E-state index in [9.17, 15) is 0 Å². The van der Waals surface area contributed by atoms with E-state index in [1.807, 2.05) is 24.3 Å². The highest BCUT2D eigenvalue weighted by Crippen LogP contribution is 2.30. The topological polar surface area (TPSA) is 47.6 Å². The molecule has 1 aliphatic carbocycles. The molecule has 0 unspecified atom stereocenters. The second-order valence-electron chi connectivity index (χ2n) is 3.08. The molecule has 0 bridgehead atoms. The van der Waals surface area contributed by atoms with Crippen LogP contribution in [0.4, 0.5) is 0 Å². The molecular formula is C12H7N2. The van der Waals surface area contributed by atoms with E-state index in [0.717, 1.165) is 17.0 Å². The van der Waals surface area contributed by atoms with Crippen LogP contribution in [-0.4, -0.2) is 0 Å². The molecule has 0 saturated carbocycles. The van der Waals surface area contributed by atoms with Crippen LogP contribution in [0.2, 0.25) is 0 Å². The van der Waals surface area contributed by atoms with Crippen molar-refractivity contribution in [1.29, 1.82) is 10.5 Å². The van der Waals surface area contributed by atoms with Crippen molar-refractivity contribution < 1.29 is 0 Å². The monoisotopic (exact) mass is 179 g/mol. The summed E-state index contributed by atoms with van der Waals surface area (Å²) in [5.74, 6) is 0.736. The SMILES string of the molecule is N#C[C]1CC=Cc2c(C#N)cccc21. The van der Waals surface area contributed by atoms with E-state index in [2.05, 4.69) is 12.1 Å². The molecule has 1 aromatic rings. The lowest BCUT2D eigenvalue weighted by molar-refractivity contribution is 1.09. The molecule has 0 spiro atoms. The van der Waals surface area contributed by atoms with Crippen molar-refractivity contribution in [2.75, 3.05) is 0 Å². The number of allylic oxidation sites excluding steroid dienone is 1. The van der Waals surface area contributed by atoms with Gasteiger partial charge >= 0.3 is 0 Å². The maximum Gasteiger partial charge on any atom is 0.109 e. The largest absolute Gasteiger partial charge is 0.197 e. The first-order valence-corrected chi connectivity index (χ1v) is 4.33. The quantitative estimate of drug-likeness (QED) is 0.614.